The fourth-order valence-corrected chi connectivity index (χ4v) is 1.85. The number of aryl methyl sites for hydroxylation is 1. The van der Waals surface area contributed by atoms with Gasteiger partial charge in [-0.1, -0.05) is 32.1 Å². The second-order valence-corrected chi connectivity index (χ2v) is 4.31. The van der Waals surface area contributed by atoms with Crippen molar-refractivity contribution < 1.29 is 0 Å². The van der Waals surface area contributed by atoms with Crippen LogP contribution < -0.4 is 5.32 Å². The number of hydrogen-bond acceptors (Lipinski definition) is 2. The van der Waals surface area contributed by atoms with Crippen LogP contribution in [0.1, 0.15) is 24.5 Å². The molecule has 2 rings (SSSR count). The van der Waals surface area contributed by atoms with Crippen LogP contribution in [0, 0.1) is 0 Å². The summed E-state index contributed by atoms with van der Waals surface area (Å²) in [6, 6.07) is 8.61. The van der Waals surface area contributed by atoms with Crippen molar-refractivity contribution in [2.75, 3.05) is 5.32 Å². The Hall–Kier alpha value is -2.03. The van der Waals surface area contributed by atoms with Gasteiger partial charge in [0, 0.05) is 30.2 Å². The van der Waals surface area contributed by atoms with Gasteiger partial charge in [0.05, 0.1) is 6.20 Å². The monoisotopic (exact) mass is 241 g/mol. The summed E-state index contributed by atoms with van der Waals surface area (Å²) in [4.78, 5) is 0. The standard InChI is InChI=1S/C15H19N3/c1-3-5-13-6-8-15(9-7-13)16-10-14-11-17-18(4-2)12-14/h4,6-9,11-12,16H,2-3,5,10H2,1H3. The van der Waals surface area contributed by atoms with Crippen LogP contribution in [0.4, 0.5) is 5.69 Å². The first-order valence-electron chi connectivity index (χ1n) is 6.30. The summed E-state index contributed by atoms with van der Waals surface area (Å²) in [5, 5.41) is 7.52. The predicted molar refractivity (Wildman–Crippen MR) is 76.4 cm³/mol. The van der Waals surface area contributed by atoms with Crippen LogP contribution in [-0.4, -0.2) is 9.78 Å². The van der Waals surface area contributed by atoms with E-state index in [1.54, 1.807) is 10.9 Å². The van der Waals surface area contributed by atoms with E-state index >= 15 is 0 Å². The molecule has 1 aromatic carbocycles. The number of rotatable bonds is 6. The largest absolute Gasteiger partial charge is 0.381 e. The molecule has 2 aromatic rings. The van der Waals surface area contributed by atoms with Crippen LogP contribution in [0.3, 0.4) is 0 Å². The van der Waals surface area contributed by atoms with Crippen molar-refractivity contribution in [1.82, 2.24) is 9.78 Å². The molecule has 18 heavy (non-hydrogen) atoms. The van der Waals surface area contributed by atoms with E-state index in [4.69, 9.17) is 0 Å². The molecule has 0 bridgehead atoms. The number of aromatic nitrogens is 2. The highest BCUT2D eigenvalue weighted by atomic mass is 15.2. The highest BCUT2D eigenvalue weighted by Crippen LogP contribution is 2.12. The van der Waals surface area contributed by atoms with E-state index in [0.29, 0.717) is 0 Å². The Morgan fingerprint density at radius 2 is 2.06 bits per heavy atom. The number of nitrogens with zero attached hydrogens (tertiary/aromatic N) is 2. The Morgan fingerprint density at radius 3 is 2.67 bits per heavy atom. The van der Waals surface area contributed by atoms with Gasteiger partial charge in [-0.15, -0.1) is 0 Å². The number of hydrogen-bond donors (Lipinski definition) is 1. The van der Waals surface area contributed by atoms with Crippen LogP contribution in [0.2, 0.25) is 0 Å². The third-order valence-electron chi connectivity index (χ3n) is 2.83. The van der Waals surface area contributed by atoms with Crippen molar-refractivity contribution >= 4 is 11.9 Å². The molecule has 0 saturated carbocycles. The normalized spacial score (nSPS) is 10.3. The molecular weight excluding hydrogens is 222 g/mol. The number of anilines is 1. The van der Waals surface area contributed by atoms with E-state index in [9.17, 15) is 0 Å². The molecule has 3 nitrogen and oxygen atoms in total. The van der Waals surface area contributed by atoms with Crippen molar-refractivity contribution in [3.63, 3.8) is 0 Å². The van der Waals surface area contributed by atoms with Gasteiger partial charge in [0.1, 0.15) is 0 Å². The molecular formula is C15H19N3. The van der Waals surface area contributed by atoms with Gasteiger partial charge in [-0.25, -0.2) is 4.68 Å². The Morgan fingerprint density at radius 1 is 1.28 bits per heavy atom. The fraction of sp³-hybridized carbons (Fsp3) is 0.267. The van der Waals surface area contributed by atoms with Gasteiger partial charge in [-0.2, -0.15) is 5.10 Å². The molecule has 0 radical (unpaired) electrons. The zero-order valence-corrected chi connectivity index (χ0v) is 10.8. The summed E-state index contributed by atoms with van der Waals surface area (Å²) < 4.78 is 1.71. The van der Waals surface area contributed by atoms with Gasteiger partial charge in [0.25, 0.3) is 0 Å². The maximum absolute atomic E-state index is 4.14. The molecule has 0 aliphatic carbocycles. The highest BCUT2D eigenvalue weighted by molar-refractivity contribution is 5.45. The van der Waals surface area contributed by atoms with Gasteiger partial charge >= 0.3 is 0 Å². The summed E-state index contributed by atoms with van der Waals surface area (Å²) in [5.74, 6) is 0. The highest BCUT2D eigenvalue weighted by Gasteiger charge is 1.97. The number of benzene rings is 1. The summed E-state index contributed by atoms with van der Waals surface area (Å²) >= 11 is 0. The van der Waals surface area contributed by atoms with Crippen molar-refractivity contribution in [2.45, 2.75) is 26.3 Å². The molecule has 0 aliphatic heterocycles. The first-order chi connectivity index (χ1) is 8.81. The number of nitrogens with one attached hydrogen (secondary N) is 1. The van der Waals surface area contributed by atoms with Crippen LogP contribution in [-0.2, 0) is 13.0 Å². The predicted octanol–water partition coefficient (Wildman–Crippen LogP) is 3.55. The Balaban J connectivity index is 1.91. The van der Waals surface area contributed by atoms with Crippen molar-refractivity contribution in [2.24, 2.45) is 0 Å². The van der Waals surface area contributed by atoms with Crippen molar-refractivity contribution in [3.05, 3.63) is 54.4 Å². The minimum atomic E-state index is 0.779. The van der Waals surface area contributed by atoms with Crippen LogP contribution >= 0.6 is 0 Å². The lowest BCUT2D eigenvalue weighted by Gasteiger charge is -2.05. The second kappa shape index (κ2) is 6.05. The van der Waals surface area contributed by atoms with Crippen molar-refractivity contribution in [3.8, 4) is 0 Å². The van der Waals surface area contributed by atoms with E-state index in [2.05, 4.69) is 48.2 Å². The minimum absolute atomic E-state index is 0.779. The molecule has 0 atom stereocenters. The van der Waals surface area contributed by atoms with E-state index in [-0.39, 0.29) is 0 Å². The minimum Gasteiger partial charge on any atom is -0.381 e. The third-order valence-corrected chi connectivity index (χ3v) is 2.83. The smallest absolute Gasteiger partial charge is 0.0543 e. The average Bonchev–Trinajstić information content (AvgIpc) is 2.86. The van der Waals surface area contributed by atoms with Crippen LogP contribution in [0.25, 0.3) is 6.20 Å². The zero-order chi connectivity index (χ0) is 12.8. The van der Waals surface area contributed by atoms with E-state index in [0.717, 1.165) is 24.2 Å². The van der Waals surface area contributed by atoms with Gasteiger partial charge in [-0.05, 0) is 24.1 Å². The molecule has 0 unspecified atom stereocenters. The first kappa shape index (κ1) is 12.4. The Bertz CT molecular complexity index is 497. The summed E-state index contributed by atoms with van der Waals surface area (Å²) in [6.07, 6.45) is 7.83. The van der Waals surface area contributed by atoms with Gasteiger partial charge < -0.3 is 5.32 Å². The van der Waals surface area contributed by atoms with E-state index in [1.807, 2.05) is 12.4 Å². The summed E-state index contributed by atoms with van der Waals surface area (Å²) in [6.45, 7) is 6.65. The third kappa shape index (κ3) is 3.23. The molecule has 1 aromatic heterocycles. The topological polar surface area (TPSA) is 29.9 Å². The Kier molecular flexibility index (Phi) is 4.18. The Labute approximate surface area is 108 Å². The van der Waals surface area contributed by atoms with Gasteiger partial charge in [0.15, 0.2) is 0 Å². The fourth-order valence-electron chi connectivity index (χ4n) is 1.85. The molecule has 0 fully saturated rings. The molecule has 1 heterocycles. The van der Waals surface area contributed by atoms with Crippen LogP contribution in [0.15, 0.2) is 43.2 Å². The van der Waals surface area contributed by atoms with E-state index in [1.165, 1.54) is 12.0 Å². The molecule has 1 N–H and O–H groups in total. The lowest BCUT2D eigenvalue weighted by Crippen LogP contribution is -1.98. The summed E-state index contributed by atoms with van der Waals surface area (Å²) in [5.41, 5.74) is 3.68. The molecule has 0 aliphatic rings. The average molecular weight is 241 g/mol. The maximum atomic E-state index is 4.14. The maximum Gasteiger partial charge on any atom is 0.0543 e. The zero-order valence-electron chi connectivity index (χ0n) is 10.8. The van der Waals surface area contributed by atoms with Gasteiger partial charge in [-0.3, -0.25) is 0 Å². The van der Waals surface area contributed by atoms with E-state index < -0.39 is 0 Å². The molecule has 0 spiro atoms. The second-order valence-electron chi connectivity index (χ2n) is 4.31. The molecule has 94 valence electrons. The molecule has 3 heteroatoms. The molecule has 0 amide bonds. The SMILES string of the molecule is C=Cn1cc(CNc2ccc(CCC)cc2)cn1. The lowest BCUT2D eigenvalue weighted by molar-refractivity contribution is 0.922. The van der Waals surface area contributed by atoms with Crippen LogP contribution in [0.5, 0.6) is 0 Å². The van der Waals surface area contributed by atoms with Gasteiger partial charge in [0.2, 0.25) is 0 Å². The molecule has 0 saturated heterocycles. The lowest BCUT2D eigenvalue weighted by atomic mass is 10.1. The quantitative estimate of drug-likeness (QED) is 0.838. The first-order valence-corrected chi connectivity index (χ1v) is 6.30. The summed E-state index contributed by atoms with van der Waals surface area (Å²) in [7, 11) is 0. The van der Waals surface area contributed by atoms with Crippen molar-refractivity contribution in [1.29, 1.82) is 0 Å².